The molecule has 29 heavy (non-hydrogen) atoms. The maximum Gasteiger partial charge on any atom is 0.243 e. The van der Waals surface area contributed by atoms with E-state index >= 15 is 0 Å². The molecule has 0 spiro atoms. The predicted octanol–water partition coefficient (Wildman–Crippen LogP) is 4.56. The van der Waals surface area contributed by atoms with Gasteiger partial charge >= 0.3 is 0 Å². The smallest absolute Gasteiger partial charge is 0.243 e. The van der Waals surface area contributed by atoms with Crippen LogP contribution in [0.5, 0.6) is 0 Å². The van der Waals surface area contributed by atoms with E-state index < -0.39 is 10.0 Å². The van der Waals surface area contributed by atoms with Gasteiger partial charge in [0.05, 0.1) is 4.90 Å². The highest BCUT2D eigenvalue weighted by Crippen LogP contribution is 2.25. The molecule has 5 heteroatoms. The average Bonchev–Trinajstić information content (AvgIpc) is 3.18. The Hall–Kier alpha value is -1.69. The van der Waals surface area contributed by atoms with Crippen LogP contribution >= 0.6 is 0 Å². The first-order chi connectivity index (χ1) is 14.0. The van der Waals surface area contributed by atoms with Crippen molar-refractivity contribution < 1.29 is 8.42 Å². The number of rotatable bonds is 6. The predicted molar refractivity (Wildman–Crippen MR) is 118 cm³/mol. The van der Waals surface area contributed by atoms with Gasteiger partial charge in [-0.3, -0.25) is 0 Å². The molecule has 0 unspecified atom stereocenters. The molecule has 0 aliphatic carbocycles. The Morgan fingerprint density at radius 1 is 0.828 bits per heavy atom. The minimum atomic E-state index is -3.36. The van der Waals surface area contributed by atoms with Crippen molar-refractivity contribution in [1.29, 1.82) is 0 Å². The quantitative estimate of drug-likeness (QED) is 0.699. The summed E-state index contributed by atoms with van der Waals surface area (Å²) >= 11 is 0. The zero-order chi connectivity index (χ0) is 20.3. The Labute approximate surface area is 175 Å². The van der Waals surface area contributed by atoms with E-state index in [1.54, 1.807) is 16.4 Å². The van der Waals surface area contributed by atoms with E-state index in [0.717, 1.165) is 43.4 Å². The highest BCUT2D eigenvalue weighted by molar-refractivity contribution is 7.89. The average molecular weight is 413 g/mol. The van der Waals surface area contributed by atoms with Crippen LogP contribution in [0, 0.1) is 0 Å². The largest absolute Gasteiger partial charge is 0.300 e. The van der Waals surface area contributed by atoms with Gasteiger partial charge in [0.25, 0.3) is 0 Å². The second-order valence-corrected chi connectivity index (χ2v) is 10.4. The molecule has 156 valence electrons. The van der Waals surface area contributed by atoms with E-state index in [1.165, 1.54) is 24.9 Å². The van der Waals surface area contributed by atoms with Gasteiger partial charge in [-0.25, -0.2) is 8.42 Å². The van der Waals surface area contributed by atoms with Crippen LogP contribution < -0.4 is 0 Å². The molecule has 2 heterocycles. The van der Waals surface area contributed by atoms with E-state index in [-0.39, 0.29) is 0 Å². The summed E-state index contributed by atoms with van der Waals surface area (Å²) in [4.78, 5) is 2.98. The van der Waals surface area contributed by atoms with Gasteiger partial charge in [-0.2, -0.15) is 4.31 Å². The molecule has 4 rings (SSSR count). The van der Waals surface area contributed by atoms with Crippen molar-refractivity contribution in [3.63, 3.8) is 0 Å². The van der Waals surface area contributed by atoms with Crippen LogP contribution in [0.1, 0.15) is 44.6 Å². The summed E-state index contributed by atoms with van der Waals surface area (Å²) in [5.41, 5.74) is 3.55. The second kappa shape index (κ2) is 8.99. The molecule has 4 nitrogen and oxygen atoms in total. The third-order valence-electron chi connectivity index (χ3n) is 6.47. The molecular weight excluding hydrogens is 380 g/mol. The molecule has 1 atom stereocenters. The summed E-state index contributed by atoms with van der Waals surface area (Å²) in [5.74, 6) is 0. The Kier molecular flexibility index (Phi) is 6.38. The molecule has 2 aliphatic rings. The van der Waals surface area contributed by atoms with Crippen LogP contribution in [-0.2, 0) is 16.4 Å². The Morgan fingerprint density at radius 3 is 2.03 bits per heavy atom. The number of hydrogen-bond donors (Lipinski definition) is 0. The first kappa shape index (κ1) is 20.6. The molecule has 2 aliphatic heterocycles. The highest BCUT2D eigenvalue weighted by Gasteiger charge is 2.25. The summed E-state index contributed by atoms with van der Waals surface area (Å²) in [6, 6.07) is 16.8. The van der Waals surface area contributed by atoms with Gasteiger partial charge in [0.2, 0.25) is 10.0 Å². The lowest BCUT2D eigenvalue weighted by molar-refractivity contribution is 0.272. The number of hydrogen-bond acceptors (Lipinski definition) is 3. The van der Waals surface area contributed by atoms with Crippen LogP contribution in [0.2, 0.25) is 0 Å². The number of nitrogens with zero attached hydrogens (tertiary/aromatic N) is 2. The topological polar surface area (TPSA) is 40.6 Å². The van der Waals surface area contributed by atoms with Crippen LogP contribution in [0.15, 0.2) is 53.4 Å². The van der Waals surface area contributed by atoms with Crippen molar-refractivity contribution in [2.24, 2.45) is 0 Å². The SMILES string of the molecule is C[C@@H]1CCCN1CCc1ccc(-c2ccc(S(=O)(=O)N3CCCCC3)cc2)cc1. The molecule has 0 radical (unpaired) electrons. The molecule has 0 bridgehead atoms. The van der Waals surface area contributed by atoms with Gasteiger partial charge in [-0.05, 0) is 74.4 Å². The summed E-state index contributed by atoms with van der Waals surface area (Å²) in [6.45, 7) is 5.96. The zero-order valence-corrected chi connectivity index (χ0v) is 18.2. The molecule has 0 aromatic heterocycles. The number of piperidine rings is 1. The van der Waals surface area contributed by atoms with E-state index in [0.29, 0.717) is 24.0 Å². The summed E-state index contributed by atoms with van der Waals surface area (Å²) in [5, 5.41) is 0. The number of likely N-dealkylation sites (tertiary alicyclic amines) is 1. The molecule has 2 saturated heterocycles. The lowest BCUT2D eigenvalue weighted by atomic mass is 10.0. The second-order valence-electron chi connectivity index (χ2n) is 8.46. The standard InChI is InChI=1S/C24H32N2O2S/c1-20-6-5-16-25(20)19-15-21-7-9-22(10-8-21)23-11-13-24(14-12-23)29(27,28)26-17-3-2-4-18-26/h7-14,20H,2-6,15-19H2,1H3/t20-/m1/s1. The maximum absolute atomic E-state index is 12.8. The minimum absolute atomic E-state index is 0.402. The van der Waals surface area contributed by atoms with Gasteiger partial charge in [0.15, 0.2) is 0 Å². The molecule has 0 N–H and O–H groups in total. The maximum atomic E-state index is 12.8. The first-order valence-electron chi connectivity index (χ1n) is 11.0. The van der Waals surface area contributed by atoms with E-state index in [1.807, 2.05) is 12.1 Å². The fourth-order valence-corrected chi connectivity index (χ4v) is 6.05. The molecule has 2 aromatic carbocycles. The fourth-order valence-electron chi connectivity index (χ4n) is 4.54. The summed E-state index contributed by atoms with van der Waals surface area (Å²) < 4.78 is 27.2. The Morgan fingerprint density at radius 2 is 1.45 bits per heavy atom. The van der Waals surface area contributed by atoms with Crippen molar-refractivity contribution in [3.05, 3.63) is 54.1 Å². The number of benzene rings is 2. The van der Waals surface area contributed by atoms with Crippen molar-refractivity contribution in [2.45, 2.75) is 56.4 Å². The van der Waals surface area contributed by atoms with E-state index in [9.17, 15) is 8.42 Å². The van der Waals surface area contributed by atoms with Crippen LogP contribution in [0.3, 0.4) is 0 Å². The fraction of sp³-hybridized carbons (Fsp3) is 0.500. The van der Waals surface area contributed by atoms with Gasteiger partial charge in [0, 0.05) is 25.7 Å². The van der Waals surface area contributed by atoms with Crippen molar-refractivity contribution in [1.82, 2.24) is 9.21 Å². The van der Waals surface area contributed by atoms with Gasteiger partial charge in [-0.1, -0.05) is 42.8 Å². The molecule has 0 amide bonds. The lowest BCUT2D eigenvalue weighted by Crippen LogP contribution is -2.35. The van der Waals surface area contributed by atoms with Crippen molar-refractivity contribution >= 4 is 10.0 Å². The normalized spacial score (nSPS) is 21.5. The molecule has 0 saturated carbocycles. The third-order valence-corrected chi connectivity index (χ3v) is 8.39. The Balaban J connectivity index is 1.41. The summed E-state index contributed by atoms with van der Waals surface area (Å²) in [6.07, 6.45) is 6.77. The van der Waals surface area contributed by atoms with Gasteiger partial charge in [-0.15, -0.1) is 0 Å². The first-order valence-corrected chi connectivity index (χ1v) is 12.4. The van der Waals surface area contributed by atoms with E-state index in [2.05, 4.69) is 36.1 Å². The van der Waals surface area contributed by atoms with Gasteiger partial charge < -0.3 is 4.90 Å². The lowest BCUT2D eigenvalue weighted by Gasteiger charge is -2.25. The third kappa shape index (κ3) is 4.73. The van der Waals surface area contributed by atoms with Crippen molar-refractivity contribution in [3.8, 4) is 11.1 Å². The van der Waals surface area contributed by atoms with Crippen molar-refractivity contribution in [2.75, 3.05) is 26.2 Å². The van der Waals surface area contributed by atoms with Crippen LogP contribution in [-0.4, -0.2) is 49.8 Å². The monoisotopic (exact) mass is 412 g/mol. The summed E-state index contributed by atoms with van der Waals surface area (Å²) in [7, 11) is -3.36. The zero-order valence-electron chi connectivity index (χ0n) is 17.4. The van der Waals surface area contributed by atoms with Gasteiger partial charge in [0.1, 0.15) is 0 Å². The molecule has 2 fully saturated rings. The minimum Gasteiger partial charge on any atom is -0.300 e. The molecule has 2 aromatic rings. The molecular formula is C24H32N2O2S. The van der Waals surface area contributed by atoms with Crippen LogP contribution in [0.25, 0.3) is 11.1 Å². The Bertz CT molecular complexity index is 901. The van der Waals surface area contributed by atoms with E-state index in [4.69, 9.17) is 0 Å². The number of sulfonamides is 1. The van der Waals surface area contributed by atoms with Crippen LogP contribution in [0.4, 0.5) is 0 Å². The highest BCUT2D eigenvalue weighted by atomic mass is 32.2.